The summed E-state index contributed by atoms with van der Waals surface area (Å²) >= 11 is 0. The summed E-state index contributed by atoms with van der Waals surface area (Å²) in [7, 11) is 1.62. The second kappa shape index (κ2) is 6.19. The van der Waals surface area contributed by atoms with E-state index in [0.717, 1.165) is 0 Å². The van der Waals surface area contributed by atoms with Gasteiger partial charge in [-0.2, -0.15) is 15.0 Å². The maximum atomic E-state index is 12.2. The van der Waals surface area contributed by atoms with Gasteiger partial charge in [0.05, 0.1) is 11.2 Å². The molecule has 0 aliphatic heterocycles. The molecule has 25 heavy (non-hydrogen) atoms. The SMILES string of the molecule is Cn1cnn(-c2ccc(NC(=O)NC(C)(C)c3nn[nH]n3)cc2)c1=O. The van der Waals surface area contributed by atoms with E-state index in [1.165, 1.54) is 15.6 Å². The Labute approximate surface area is 142 Å². The van der Waals surface area contributed by atoms with Crippen molar-refractivity contribution in [1.29, 1.82) is 0 Å². The summed E-state index contributed by atoms with van der Waals surface area (Å²) in [5.74, 6) is 0.368. The lowest BCUT2D eigenvalue weighted by Crippen LogP contribution is -2.44. The maximum absolute atomic E-state index is 12.2. The van der Waals surface area contributed by atoms with Crippen molar-refractivity contribution in [2.75, 3.05) is 5.32 Å². The average Bonchev–Trinajstić information content (AvgIpc) is 3.20. The highest BCUT2D eigenvalue weighted by molar-refractivity contribution is 5.89. The molecule has 0 atom stereocenters. The number of nitrogens with one attached hydrogen (secondary N) is 3. The molecule has 0 radical (unpaired) electrons. The Hall–Kier alpha value is -3.50. The first-order valence-corrected chi connectivity index (χ1v) is 7.41. The number of urea groups is 1. The van der Waals surface area contributed by atoms with Gasteiger partial charge in [-0.25, -0.2) is 9.59 Å². The van der Waals surface area contributed by atoms with Crippen LogP contribution in [0.1, 0.15) is 19.7 Å². The van der Waals surface area contributed by atoms with Crippen LogP contribution in [0, 0.1) is 0 Å². The number of anilines is 1. The average molecular weight is 343 g/mol. The molecule has 0 spiro atoms. The standard InChI is InChI=1S/C14H17N9O2/c1-14(2,11-18-20-21-19-11)17-12(24)16-9-4-6-10(7-5-9)23-13(25)22(3)8-15-23/h4-8H,1-3H3,(H2,16,17,24)(H,18,19,20,21). The van der Waals surface area contributed by atoms with Crippen molar-refractivity contribution < 1.29 is 4.79 Å². The monoisotopic (exact) mass is 343 g/mol. The maximum Gasteiger partial charge on any atom is 0.350 e. The van der Waals surface area contributed by atoms with Gasteiger partial charge in [0, 0.05) is 12.7 Å². The van der Waals surface area contributed by atoms with Gasteiger partial charge in [0.25, 0.3) is 0 Å². The number of aryl methyl sites for hydroxylation is 1. The Balaban J connectivity index is 1.68. The van der Waals surface area contributed by atoms with Crippen molar-refractivity contribution in [3.8, 4) is 5.69 Å². The van der Waals surface area contributed by atoms with E-state index in [9.17, 15) is 9.59 Å². The molecule has 1 aromatic carbocycles. The lowest BCUT2D eigenvalue weighted by Gasteiger charge is -2.22. The molecule has 2 heterocycles. The Kier molecular flexibility index (Phi) is 4.05. The summed E-state index contributed by atoms with van der Waals surface area (Å²) in [6.07, 6.45) is 1.43. The molecule has 0 aliphatic rings. The third kappa shape index (κ3) is 3.39. The van der Waals surface area contributed by atoms with Crippen LogP contribution >= 0.6 is 0 Å². The summed E-state index contributed by atoms with van der Waals surface area (Å²) in [6, 6.07) is 6.31. The summed E-state index contributed by atoms with van der Waals surface area (Å²) in [6.45, 7) is 3.52. The summed E-state index contributed by atoms with van der Waals surface area (Å²) < 4.78 is 2.64. The van der Waals surface area contributed by atoms with E-state index >= 15 is 0 Å². The van der Waals surface area contributed by atoms with Crippen LogP contribution in [0.4, 0.5) is 10.5 Å². The van der Waals surface area contributed by atoms with Gasteiger partial charge in [0.1, 0.15) is 6.33 Å². The van der Waals surface area contributed by atoms with Crippen LogP contribution in [0.25, 0.3) is 5.69 Å². The molecule has 3 rings (SSSR count). The highest BCUT2D eigenvalue weighted by atomic mass is 16.2. The fraction of sp³-hybridized carbons (Fsp3) is 0.286. The number of amides is 2. The second-order valence-electron chi connectivity index (χ2n) is 5.92. The van der Waals surface area contributed by atoms with Gasteiger partial charge in [-0.3, -0.25) is 4.57 Å². The number of aromatic nitrogens is 7. The molecular weight excluding hydrogens is 326 g/mol. The minimum atomic E-state index is -0.793. The number of hydrogen-bond acceptors (Lipinski definition) is 6. The van der Waals surface area contributed by atoms with Crippen molar-refractivity contribution in [1.82, 2.24) is 40.3 Å². The topological polar surface area (TPSA) is 135 Å². The lowest BCUT2D eigenvalue weighted by atomic mass is 10.1. The van der Waals surface area contributed by atoms with E-state index in [4.69, 9.17) is 0 Å². The fourth-order valence-electron chi connectivity index (χ4n) is 2.17. The Morgan fingerprint density at radius 2 is 1.96 bits per heavy atom. The van der Waals surface area contributed by atoms with E-state index < -0.39 is 11.6 Å². The number of H-pyrrole nitrogens is 1. The summed E-state index contributed by atoms with van der Waals surface area (Å²) in [5, 5.41) is 23.0. The molecular formula is C14H17N9O2. The molecule has 0 saturated heterocycles. The van der Waals surface area contributed by atoms with Crippen LogP contribution in [0.15, 0.2) is 35.4 Å². The zero-order valence-electron chi connectivity index (χ0n) is 13.9. The predicted molar refractivity (Wildman–Crippen MR) is 88.2 cm³/mol. The zero-order chi connectivity index (χ0) is 18.0. The highest BCUT2D eigenvalue weighted by Gasteiger charge is 2.27. The van der Waals surface area contributed by atoms with Gasteiger partial charge in [0.2, 0.25) is 0 Å². The molecule has 0 saturated carbocycles. The van der Waals surface area contributed by atoms with E-state index in [2.05, 4.69) is 36.4 Å². The first-order valence-electron chi connectivity index (χ1n) is 7.41. The number of aromatic amines is 1. The van der Waals surface area contributed by atoms with Gasteiger partial charge >= 0.3 is 11.7 Å². The number of carbonyl (C=O) groups is 1. The fourth-order valence-corrected chi connectivity index (χ4v) is 2.17. The summed E-state index contributed by atoms with van der Waals surface area (Å²) in [4.78, 5) is 24.0. The predicted octanol–water partition coefficient (Wildman–Crippen LogP) is 0.141. The van der Waals surface area contributed by atoms with Crippen LogP contribution < -0.4 is 16.3 Å². The Morgan fingerprint density at radius 1 is 1.24 bits per heavy atom. The van der Waals surface area contributed by atoms with Crippen LogP contribution in [0.3, 0.4) is 0 Å². The molecule has 3 aromatic rings. The van der Waals surface area contributed by atoms with Crippen molar-refractivity contribution in [2.45, 2.75) is 19.4 Å². The van der Waals surface area contributed by atoms with Gasteiger partial charge in [0.15, 0.2) is 5.82 Å². The number of rotatable bonds is 4. The molecule has 0 bridgehead atoms. The first kappa shape index (κ1) is 16.4. The lowest BCUT2D eigenvalue weighted by molar-refractivity contribution is 0.240. The van der Waals surface area contributed by atoms with E-state index in [1.54, 1.807) is 45.2 Å². The zero-order valence-corrected chi connectivity index (χ0v) is 13.9. The number of hydrogen-bond donors (Lipinski definition) is 3. The first-order chi connectivity index (χ1) is 11.9. The van der Waals surface area contributed by atoms with Gasteiger partial charge in [-0.05, 0) is 38.1 Å². The molecule has 2 aromatic heterocycles. The van der Waals surface area contributed by atoms with Crippen molar-refractivity contribution >= 4 is 11.7 Å². The van der Waals surface area contributed by atoms with Crippen molar-refractivity contribution in [3.63, 3.8) is 0 Å². The van der Waals surface area contributed by atoms with Crippen molar-refractivity contribution in [2.24, 2.45) is 7.05 Å². The normalized spacial score (nSPS) is 11.3. The van der Waals surface area contributed by atoms with Crippen LogP contribution in [0.2, 0.25) is 0 Å². The van der Waals surface area contributed by atoms with E-state index in [0.29, 0.717) is 17.2 Å². The number of nitrogens with zero attached hydrogens (tertiary/aromatic N) is 6. The van der Waals surface area contributed by atoms with Gasteiger partial charge in [-0.1, -0.05) is 5.21 Å². The molecule has 0 unspecified atom stereocenters. The van der Waals surface area contributed by atoms with Crippen LogP contribution in [-0.4, -0.2) is 41.0 Å². The molecule has 3 N–H and O–H groups in total. The quantitative estimate of drug-likeness (QED) is 0.616. The molecule has 0 aliphatic carbocycles. The van der Waals surface area contributed by atoms with Gasteiger partial charge in [-0.15, -0.1) is 10.2 Å². The minimum absolute atomic E-state index is 0.250. The smallest absolute Gasteiger partial charge is 0.326 e. The Bertz CT molecular complexity index is 922. The molecule has 2 amide bonds. The third-order valence-electron chi connectivity index (χ3n) is 3.52. The largest absolute Gasteiger partial charge is 0.350 e. The minimum Gasteiger partial charge on any atom is -0.326 e. The van der Waals surface area contributed by atoms with Crippen LogP contribution in [-0.2, 0) is 12.6 Å². The number of tetrazole rings is 1. The molecule has 11 heteroatoms. The highest BCUT2D eigenvalue weighted by Crippen LogP contribution is 2.15. The Morgan fingerprint density at radius 3 is 2.52 bits per heavy atom. The van der Waals surface area contributed by atoms with Crippen LogP contribution in [0.5, 0.6) is 0 Å². The number of carbonyl (C=O) groups excluding carboxylic acids is 1. The molecule has 0 fully saturated rings. The van der Waals surface area contributed by atoms with Crippen molar-refractivity contribution in [3.05, 3.63) is 46.9 Å². The number of benzene rings is 1. The second-order valence-corrected chi connectivity index (χ2v) is 5.92. The molecule has 130 valence electrons. The van der Waals surface area contributed by atoms with E-state index in [1.807, 2.05) is 0 Å². The van der Waals surface area contributed by atoms with Gasteiger partial charge < -0.3 is 10.6 Å². The summed E-state index contributed by atoms with van der Waals surface area (Å²) in [5.41, 5.74) is 0.122. The molecule has 11 nitrogen and oxygen atoms in total. The third-order valence-corrected chi connectivity index (χ3v) is 3.52. The van der Waals surface area contributed by atoms with E-state index in [-0.39, 0.29) is 5.69 Å².